The van der Waals surface area contributed by atoms with Gasteiger partial charge in [-0.1, -0.05) is 37.8 Å². The number of hydrogen-bond acceptors (Lipinski definition) is 3. The van der Waals surface area contributed by atoms with Gasteiger partial charge in [-0.3, -0.25) is 4.99 Å². The van der Waals surface area contributed by atoms with Gasteiger partial charge in [0.1, 0.15) is 5.75 Å². The monoisotopic (exact) mass is 373 g/mol. The summed E-state index contributed by atoms with van der Waals surface area (Å²) in [4.78, 5) is 4.78. The van der Waals surface area contributed by atoms with Crippen molar-refractivity contribution in [3.05, 3.63) is 29.8 Å². The van der Waals surface area contributed by atoms with E-state index in [1.807, 2.05) is 6.92 Å². The van der Waals surface area contributed by atoms with Crippen LogP contribution in [0, 0.1) is 0 Å². The van der Waals surface area contributed by atoms with Crippen LogP contribution in [-0.2, 0) is 10.2 Å². The molecule has 5 nitrogen and oxygen atoms in total. The Balaban J connectivity index is 1.68. The first-order chi connectivity index (χ1) is 13.2. The van der Waals surface area contributed by atoms with Crippen molar-refractivity contribution < 1.29 is 9.47 Å². The van der Waals surface area contributed by atoms with Crippen LogP contribution in [0.4, 0.5) is 0 Å². The van der Waals surface area contributed by atoms with Gasteiger partial charge in [0, 0.05) is 24.7 Å². The number of nitrogens with zero attached hydrogens (tertiary/aromatic N) is 1. The first-order valence-electron chi connectivity index (χ1n) is 10.6. The van der Waals surface area contributed by atoms with E-state index >= 15 is 0 Å². The average Bonchev–Trinajstić information content (AvgIpc) is 2.97. The molecule has 27 heavy (non-hydrogen) atoms. The zero-order valence-corrected chi connectivity index (χ0v) is 16.7. The van der Waals surface area contributed by atoms with Crippen molar-refractivity contribution in [3.8, 4) is 5.75 Å². The Morgan fingerprint density at radius 2 is 1.81 bits per heavy atom. The van der Waals surface area contributed by atoms with Crippen molar-refractivity contribution in [2.45, 2.75) is 69.7 Å². The molecule has 0 aromatic heterocycles. The van der Waals surface area contributed by atoms with Gasteiger partial charge in [0.15, 0.2) is 5.96 Å². The fourth-order valence-corrected chi connectivity index (χ4v) is 4.29. The molecule has 1 heterocycles. The molecule has 5 heteroatoms. The van der Waals surface area contributed by atoms with Crippen LogP contribution >= 0.6 is 0 Å². The highest BCUT2D eigenvalue weighted by molar-refractivity contribution is 5.78. The van der Waals surface area contributed by atoms with Crippen molar-refractivity contribution in [1.29, 1.82) is 0 Å². The highest BCUT2D eigenvalue weighted by Gasteiger charge is 2.34. The number of rotatable bonds is 6. The third-order valence-electron chi connectivity index (χ3n) is 5.99. The summed E-state index contributed by atoms with van der Waals surface area (Å²) in [6.45, 7) is 4.95. The minimum absolute atomic E-state index is 0.00124. The van der Waals surface area contributed by atoms with E-state index in [2.05, 4.69) is 29.6 Å². The third-order valence-corrected chi connectivity index (χ3v) is 5.99. The number of guanidine groups is 1. The number of aliphatic imine (C=N–C) groups is 1. The lowest BCUT2D eigenvalue weighted by molar-refractivity contribution is 0.0531. The standard InChI is InChI=1S/C22H35N3O2/c1-2-27-20-11-9-18(10-12-20)22(13-15-26-16-14-22)17-24-21(23)25-19-7-5-3-4-6-8-19/h9-12,19H,2-8,13-17H2,1H3,(H3,23,24,25). The van der Waals surface area contributed by atoms with Crippen LogP contribution in [0.3, 0.4) is 0 Å². The summed E-state index contributed by atoms with van der Waals surface area (Å²) in [6, 6.07) is 8.97. The van der Waals surface area contributed by atoms with E-state index < -0.39 is 0 Å². The zero-order valence-electron chi connectivity index (χ0n) is 16.7. The minimum Gasteiger partial charge on any atom is -0.494 e. The van der Waals surface area contributed by atoms with Crippen LogP contribution in [0.2, 0.25) is 0 Å². The number of hydrogen-bond donors (Lipinski definition) is 2. The van der Waals surface area contributed by atoms with E-state index in [1.54, 1.807) is 0 Å². The lowest BCUT2D eigenvalue weighted by Crippen LogP contribution is -2.42. The predicted octanol–water partition coefficient (Wildman–Crippen LogP) is 3.76. The van der Waals surface area contributed by atoms with Gasteiger partial charge in [-0.25, -0.2) is 0 Å². The van der Waals surface area contributed by atoms with Gasteiger partial charge in [-0.2, -0.15) is 0 Å². The molecule has 1 saturated carbocycles. The van der Waals surface area contributed by atoms with E-state index in [1.165, 1.54) is 44.1 Å². The second-order valence-electron chi connectivity index (χ2n) is 7.88. The van der Waals surface area contributed by atoms with E-state index in [4.69, 9.17) is 20.2 Å². The maximum atomic E-state index is 6.26. The summed E-state index contributed by atoms with van der Waals surface area (Å²) in [6.07, 6.45) is 9.62. The Labute approximate surface area is 163 Å². The van der Waals surface area contributed by atoms with E-state index in [-0.39, 0.29) is 5.41 Å². The molecule has 3 N–H and O–H groups in total. The summed E-state index contributed by atoms with van der Waals surface area (Å²) in [5.41, 5.74) is 7.57. The van der Waals surface area contributed by atoms with Crippen LogP contribution < -0.4 is 15.8 Å². The maximum absolute atomic E-state index is 6.26. The Kier molecular flexibility index (Phi) is 7.39. The predicted molar refractivity (Wildman–Crippen MR) is 110 cm³/mol. The number of nitrogens with one attached hydrogen (secondary N) is 1. The van der Waals surface area contributed by atoms with E-state index in [0.29, 0.717) is 25.2 Å². The summed E-state index contributed by atoms with van der Waals surface area (Å²) < 4.78 is 11.2. The van der Waals surface area contributed by atoms with Crippen molar-refractivity contribution in [3.63, 3.8) is 0 Å². The molecule has 0 spiro atoms. The summed E-state index contributed by atoms with van der Waals surface area (Å²) >= 11 is 0. The third kappa shape index (κ3) is 5.61. The fourth-order valence-electron chi connectivity index (χ4n) is 4.29. The van der Waals surface area contributed by atoms with Crippen LogP contribution in [0.25, 0.3) is 0 Å². The molecule has 1 aliphatic carbocycles. The molecule has 1 aliphatic heterocycles. The van der Waals surface area contributed by atoms with Crippen LogP contribution in [0.15, 0.2) is 29.3 Å². The molecule has 0 amide bonds. The quantitative estimate of drug-likeness (QED) is 0.452. The molecular formula is C22H35N3O2. The molecule has 0 bridgehead atoms. The number of nitrogens with two attached hydrogens (primary N) is 1. The number of benzene rings is 1. The first-order valence-corrected chi connectivity index (χ1v) is 10.6. The maximum Gasteiger partial charge on any atom is 0.188 e. The van der Waals surface area contributed by atoms with Crippen LogP contribution in [-0.4, -0.2) is 38.4 Å². The van der Waals surface area contributed by atoms with Crippen molar-refractivity contribution in [2.24, 2.45) is 10.7 Å². The Hall–Kier alpha value is -1.75. The summed E-state index contributed by atoms with van der Waals surface area (Å²) in [5.74, 6) is 1.51. The van der Waals surface area contributed by atoms with Crippen LogP contribution in [0.5, 0.6) is 5.75 Å². The topological polar surface area (TPSA) is 68.9 Å². The molecule has 2 fully saturated rings. The Morgan fingerprint density at radius 1 is 1.15 bits per heavy atom. The fraction of sp³-hybridized carbons (Fsp3) is 0.682. The van der Waals surface area contributed by atoms with Gasteiger partial charge in [0.05, 0.1) is 13.2 Å². The first kappa shape index (κ1) is 20.0. The molecule has 2 aliphatic rings. The largest absolute Gasteiger partial charge is 0.494 e. The molecule has 1 aromatic carbocycles. The smallest absolute Gasteiger partial charge is 0.188 e. The second kappa shape index (κ2) is 9.98. The summed E-state index contributed by atoms with van der Waals surface area (Å²) in [7, 11) is 0. The van der Waals surface area contributed by atoms with Gasteiger partial charge in [-0.05, 0) is 50.3 Å². The molecular weight excluding hydrogens is 338 g/mol. The van der Waals surface area contributed by atoms with Gasteiger partial charge >= 0.3 is 0 Å². The van der Waals surface area contributed by atoms with Crippen molar-refractivity contribution in [2.75, 3.05) is 26.4 Å². The number of ether oxygens (including phenoxy) is 2. The molecule has 150 valence electrons. The minimum atomic E-state index is -0.00124. The normalized spacial score (nSPS) is 21.4. The lowest BCUT2D eigenvalue weighted by Gasteiger charge is -2.36. The Morgan fingerprint density at radius 3 is 2.44 bits per heavy atom. The van der Waals surface area contributed by atoms with Crippen LogP contribution in [0.1, 0.15) is 63.9 Å². The molecule has 3 rings (SSSR count). The molecule has 0 atom stereocenters. The molecule has 1 saturated heterocycles. The SMILES string of the molecule is CCOc1ccc(C2(CN=C(N)NC3CCCCCC3)CCOCC2)cc1. The van der Waals surface area contributed by atoms with Crippen molar-refractivity contribution >= 4 is 5.96 Å². The van der Waals surface area contributed by atoms with Gasteiger partial charge in [-0.15, -0.1) is 0 Å². The molecule has 1 aromatic rings. The molecule has 0 unspecified atom stereocenters. The van der Waals surface area contributed by atoms with E-state index in [0.717, 1.165) is 31.8 Å². The second-order valence-corrected chi connectivity index (χ2v) is 7.88. The average molecular weight is 374 g/mol. The Bertz CT molecular complexity index is 586. The van der Waals surface area contributed by atoms with Gasteiger partial charge < -0.3 is 20.5 Å². The van der Waals surface area contributed by atoms with E-state index in [9.17, 15) is 0 Å². The lowest BCUT2D eigenvalue weighted by atomic mass is 9.74. The highest BCUT2D eigenvalue weighted by atomic mass is 16.5. The summed E-state index contributed by atoms with van der Waals surface area (Å²) in [5, 5.41) is 3.47. The molecule has 0 radical (unpaired) electrons. The highest BCUT2D eigenvalue weighted by Crippen LogP contribution is 2.36. The van der Waals surface area contributed by atoms with Gasteiger partial charge in [0.25, 0.3) is 0 Å². The van der Waals surface area contributed by atoms with Gasteiger partial charge in [0.2, 0.25) is 0 Å². The zero-order chi connectivity index (χ0) is 19.0. The van der Waals surface area contributed by atoms with Crippen molar-refractivity contribution in [1.82, 2.24) is 5.32 Å².